The van der Waals surface area contributed by atoms with E-state index in [1.807, 2.05) is 0 Å². The van der Waals surface area contributed by atoms with E-state index in [1.165, 1.54) is 25.2 Å². The van der Waals surface area contributed by atoms with E-state index in [9.17, 15) is 18.0 Å². The SMILES string of the molecule is CCC(C(=O)NC)N(CC(F)(F)F)c1ccc(C#N)c(C#N)c1. The number of alkyl halides is 3. The molecule has 0 saturated heterocycles. The van der Waals surface area contributed by atoms with Crippen LogP contribution in [-0.2, 0) is 4.79 Å². The summed E-state index contributed by atoms with van der Waals surface area (Å²) < 4.78 is 38.7. The minimum absolute atomic E-state index is 0.0380. The molecule has 8 heteroatoms. The third kappa shape index (κ3) is 4.62. The summed E-state index contributed by atoms with van der Waals surface area (Å²) in [5.41, 5.74) is 0.0912. The molecule has 5 nitrogen and oxygen atoms in total. The Kier molecular flexibility index (Phi) is 5.97. The minimum atomic E-state index is -4.53. The van der Waals surface area contributed by atoms with Crippen LogP contribution in [0.25, 0.3) is 0 Å². The number of halogens is 3. The Labute approximate surface area is 131 Å². The van der Waals surface area contributed by atoms with Gasteiger partial charge in [0.2, 0.25) is 5.91 Å². The van der Waals surface area contributed by atoms with Crippen LogP contribution in [0.2, 0.25) is 0 Å². The summed E-state index contributed by atoms with van der Waals surface area (Å²) in [6.45, 7) is 0.258. The number of benzene rings is 1. The maximum Gasteiger partial charge on any atom is 0.405 e. The van der Waals surface area contributed by atoms with Crippen LogP contribution in [0.1, 0.15) is 24.5 Å². The molecule has 1 rings (SSSR count). The van der Waals surface area contributed by atoms with Crippen LogP contribution in [-0.4, -0.2) is 31.7 Å². The molecule has 1 N–H and O–H groups in total. The molecule has 1 unspecified atom stereocenters. The molecule has 122 valence electrons. The number of anilines is 1. The first-order chi connectivity index (χ1) is 10.8. The number of carbonyl (C=O) groups excluding carboxylic acids is 1. The predicted molar refractivity (Wildman–Crippen MR) is 77.4 cm³/mol. The third-order valence-electron chi connectivity index (χ3n) is 3.24. The minimum Gasteiger partial charge on any atom is -0.357 e. The van der Waals surface area contributed by atoms with Crippen molar-refractivity contribution in [2.45, 2.75) is 25.6 Å². The number of hydrogen-bond acceptors (Lipinski definition) is 4. The zero-order chi connectivity index (χ0) is 17.6. The zero-order valence-corrected chi connectivity index (χ0v) is 12.6. The van der Waals surface area contributed by atoms with Crippen molar-refractivity contribution >= 4 is 11.6 Å². The van der Waals surface area contributed by atoms with Gasteiger partial charge in [-0.05, 0) is 24.6 Å². The van der Waals surface area contributed by atoms with E-state index in [0.717, 1.165) is 4.90 Å². The average molecular weight is 324 g/mol. The van der Waals surface area contributed by atoms with Crippen molar-refractivity contribution in [1.29, 1.82) is 10.5 Å². The molecule has 1 atom stereocenters. The summed E-state index contributed by atoms with van der Waals surface area (Å²) in [6.07, 6.45) is -4.38. The molecule has 0 aliphatic carbocycles. The van der Waals surface area contributed by atoms with Gasteiger partial charge >= 0.3 is 6.18 Å². The lowest BCUT2D eigenvalue weighted by atomic mass is 10.1. The molecule has 0 spiro atoms. The van der Waals surface area contributed by atoms with Crippen molar-refractivity contribution in [2.75, 3.05) is 18.5 Å². The van der Waals surface area contributed by atoms with E-state index < -0.39 is 24.7 Å². The fourth-order valence-corrected chi connectivity index (χ4v) is 2.19. The highest BCUT2D eigenvalue weighted by atomic mass is 19.4. The summed E-state index contributed by atoms with van der Waals surface area (Å²) >= 11 is 0. The van der Waals surface area contributed by atoms with Crippen LogP contribution < -0.4 is 10.2 Å². The van der Waals surface area contributed by atoms with E-state index in [1.54, 1.807) is 19.1 Å². The van der Waals surface area contributed by atoms with Crippen molar-refractivity contribution < 1.29 is 18.0 Å². The van der Waals surface area contributed by atoms with Crippen molar-refractivity contribution in [3.63, 3.8) is 0 Å². The standard InChI is InChI=1S/C15H15F3N4O/c1-3-13(14(23)21-2)22(9-15(16,17)18)12-5-4-10(7-19)11(6-12)8-20/h4-6,13H,3,9H2,1-2H3,(H,21,23). The van der Waals surface area contributed by atoms with Crippen molar-refractivity contribution in [3.8, 4) is 12.1 Å². The number of nitrogens with one attached hydrogen (secondary N) is 1. The van der Waals surface area contributed by atoms with Crippen LogP contribution in [0.15, 0.2) is 18.2 Å². The van der Waals surface area contributed by atoms with Crippen molar-refractivity contribution in [2.24, 2.45) is 0 Å². The number of likely N-dealkylation sites (N-methyl/N-ethyl adjacent to an activating group) is 1. The average Bonchev–Trinajstić information content (AvgIpc) is 2.52. The summed E-state index contributed by atoms with van der Waals surface area (Å²) in [6, 6.07) is 6.29. The first kappa shape index (κ1) is 18.3. The van der Waals surface area contributed by atoms with Gasteiger partial charge in [0.05, 0.1) is 11.1 Å². The van der Waals surface area contributed by atoms with Crippen LogP contribution in [0, 0.1) is 22.7 Å². The lowest BCUT2D eigenvalue weighted by Gasteiger charge is -2.32. The van der Waals surface area contributed by atoms with E-state index in [0.29, 0.717) is 0 Å². The maximum atomic E-state index is 12.9. The van der Waals surface area contributed by atoms with Gasteiger partial charge in [-0.15, -0.1) is 0 Å². The molecule has 0 aliphatic heterocycles. The lowest BCUT2D eigenvalue weighted by Crippen LogP contribution is -2.49. The summed E-state index contributed by atoms with van der Waals surface area (Å²) in [7, 11) is 1.34. The number of carbonyl (C=O) groups is 1. The molecule has 0 bridgehead atoms. The quantitative estimate of drug-likeness (QED) is 0.901. The Morgan fingerprint density at radius 2 is 1.91 bits per heavy atom. The van der Waals surface area contributed by atoms with Gasteiger partial charge in [0, 0.05) is 12.7 Å². The van der Waals surface area contributed by atoms with Crippen molar-refractivity contribution in [3.05, 3.63) is 29.3 Å². The Hall–Kier alpha value is -2.74. The molecule has 0 aromatic heterocycles. The molecule has 0 heterocycles. The van der Waals surface area contributed by atoms with Gasteiger partial charge in [-0.2, -0.15) is 23.7 Å². The molecule has 0 fully saturated rings. The van der Waals surface area contributed by atoms with Gasteiger partial charge in [0.25, 0.3) is 0 Å². The highest BCUT2D eigenvalue weighted by molar-refractivity contribution is 5.85. The van der Waals surface area contributed by atoms with Crippen LogP contribution in [0.3, 0.4) is 0 Å². The lowest BCUT2D eigenvalue weighted by molar-refractivity contribution is -0.127. The largest absolute Gasteiger partial charge is 0.405 e. The molecule has 0 aliphatic rings. The zero-order valence-electron chi connectivity index (χ0n) is 12.6. The summed E-state index contributed by atoms with van der Waals surface area (Å²) in [5.74, 6) is -0.556. The number of rotatable bonds is 5. The highest BCUT2D eigenvalue weighted by Gasteiger charge is 2.36. The van der Waals surface area contributed by atoms with E-state index in [2.05, 4.69) is 5.32 Å². The van der Waals surface area contributed by atoms with Gasteiger partial charge in [0.1, 0.15) is 24.7 Å². The Bertz CT molecular complexity index is 658. The molecule has 23 heavy (non-hydrogen) atoms. The summed E-state index contributed by atoms with van der Waals surface area (Å²) in [5, 5.41) is 20.2. The second-order valence-corrected chi connectivity index (χ2v) is 4.73. The number of amides is 1. The van der Waals surface area contributed by atoms with Gasteiger partial charge in [0.15, 0.2) is 0 Å². The van der Waals surface area contributed by atoms with E-state index in [4.69, 9.17) is 10.5 Å². The normalized spacial score (nSPS) is 12.0. The number of hydrogen-bond donors (Lipinski definition) is 1. The fourth-order valence-electron chi connectivity index (χ4n) is 2.19. The van der Waals surface area contributed by atoms with Crippen molar-refractivity contribution in [1.82, 2.24) is 5.32 Å². The molecular weight excluding hydrogens is 309 g/mol. The van der Waals surface area contributed by atoms with Crippen LogP contribution in [0.5, 0.6) is 0 Å². The molecule has 0 radical (unpaired) electrons. The van der Waals surface area contributed by atoms with Gasteiger partial charge < -0.3 is 10.2 Å². The molecule has 1 amide bonds. The molecule has 1 aromatic carbocycles. The third-order valence-corrected chi connectivity index (χ3v) is 3.24. The Morgan fingerprint density at radius 1 is 1.30 bits per heavy atom. The maximum absolute atomic E-state index is 12.9. The topological polar surface area (TPSA) is 79.9 Å². The summed E-state index contributed by atoms with van der Waals surface area (Å²) in [4.78, 5) is 12.8. The van der Waals surface area contributed by atoms with E-state index >= 15 is 0 Å². The molecule has 1 aromatic rings. The van der Waals surface area contributed by atoms with Gasteiger partial charge in [-0.1, -0.05) is 6.92 Å². The monoisotopic (exact) mass is 324 g/mol. The smallest absolute Gasteiger partial charge is 0.357 e. The van der Waals surface area contributed by atoms with Crippen LogP contribution in [0.4, 0.5) is 18.9 Å². The molecular formula is C15H15F3N4O. The first-order valence-electron chi connectivity index (χ1n) is 6.76. The van der Waals surface area contributed by atoms with Crippen LogP contribution >= 0.6 is 0 Å². The highest BCUT2D eigenvalue weighted by Crippen LogP contribution is 2.27. The van der Waals surface area contributed by atoms with Gasteiger partial charge in [-0.3, -0.25) is 4.79 Å². The number of nitriles is 2. The Morgan fingerprint density at radius 3 is 2.35 bits per heavy atom. The fraction of sp³-hybridized carbons (Fsp3) is 0.400. The number of nitrogens with zero attached hydrogens (tertiary/aromatic N) is 3. The predicted octanol–water partition coefficient (Wildman–Crippen LogP) is 2.32. The molecule has 0 saturated carbocycles. The van der Waals surface area contributed by atoms with E-state index in [-0.39, 0.29) is 23.2 Å². The Balaban J connectivity index is 3.38. The van der Waals surface area contributed by atoms with Gasteiger partial charge in [-0.25, -0.2) is 0 Å². The second kappa shape index (κ2) is 7.50. The second-order valence-electron chi connectivity index (χ2n) is 4.73. The first-order valence-corrected chi connectivity index (χ1v) is 6.76.